The number of hydrogen-bond acceptors (Lipinski definition) is 5. The van der Waals surface area contributed by atoms with E-state index in [-0.39, 0.29) is 17.4 Å². The first kappa shape index (κ1) is 19.3. The summed E-state index contributed by atoms with van der Waals surface area (Å²) in [5.74, 6) is 0.523. The minimum atomic E-state index is -0.555. The van der Waals surface area contributed by atoms with E-state index >= 15 is 0 Å². The van der Waals surface area contributed by atoms with Crippen LogP contribution in [-0.2, 0) is 12.8 Å². The Morgan fingerprint density at radius 1 is 1.12 bits per heavy atom. The van der Waals surface area contributed by atoms with Crippen LogP contribution < -0.4 is 0 Å². The fraction of sp³-hybridized carbons (Fsp3) is 0.375. The Morgan fingerprint density at radius 3 is 2.78 bits per heavy atom. The summed E-state index contributed by atoms with van der Waals surface area (Å²) < 4.78 is 14.7. The van der Waals surface area contributed by atoms with Gasteiger partial charge in [0.05, 0.1) is 12.4 Å². The van der Waals surface area contributed by atoms with Crippen molar-refractivity contribution in [3.63, 3.8) is 0 Å². The normalized spacial score (nSPS) is 21.6. The van der Waals surface area contributed by atoms with Crippen LogP contribution in [0.4, 0.5) is 4.39 Å². The van der Waals surface area contributed by atoms with Crippen molar-refractivity contribution < 1.29 is 9.18 Å². The molecule has 7 nitrogen and oxygen atoms in total. The smallest absolute Gasteiger partial charge is 0.259 e. The molecule has 1 amide bonds. The third-order valence-electron chi connectivity index (χ3n) is 6.94. The highest BCUT2D eigenvalue weighted by Gasteiger charge is 2.40. The molecule has 1 saturated heterocycles. The van der Waals surface area contributed by atoms with Gasteiger partial charge in [0.15, 0.2) is 5.82 Å². The molecule has 3 aromatic rings. The van der Waals surface area contributed by atoms with Crippen LogP contribution in [0.3, 0.4) is 0 Å². The molecule has 162 valence electrons. The molecule has 2 atom stereocenters. The zero-order valence-corrected chi connectivity index (χ0v) is 17.8. The quantitative estimate of drug-likeness (QED) is 0.638. The fourth-order valence-electron chi connectivity index (χ4n) is 5.39. The number of aryl methyl sites for hydroxylation is 2. The summed E-state index contributed by atoms with van der Waals surface area (Å²) in [6.07, 6.45) is 9.35. The van der Waals surface area contributed by atoms with Crippen molar-refractivity contribution >= 4 is 11.5 Å². The molecular weight excluding hydrogens is 407 g/mol. The number of nitrogens with zero attached hydrogens (tertiary/aromatic N) is 6. The number of fused-ring (bicyclic) bond motifs is 2. The van der Waals surface area contributed by atoms with E-state index in [1.807, 2.05) is 0 Å². The Morgan fingerprint density at radius 2 is 1.97 bits per heavy atom. The number of hydrogen-bond donors (Lipinski definition) is 0. The summed E-state index contributed by atoms with van der Waals surface area (Å²) in [6.45, 7) is 3.23. The lowest BCUT2D eigenvalue weighted by Crippen LogP contribution is -2.31. The summed E-state index contributed by atoms with van der Waals surface area (Å²) in [6, 6.07) is 4.54. The molecule has 2 unspecified atom stereocenters. The average Bonchev–Trinajstić information content (AvgIpc) is 3.56. The van der Waals surface area contributed by atoms with Crippen LogP contribution in [-0.4, -0.2) is 48.9 Å². The van der Waals surface area contributed by atoms with Gasteiger partial charge in [0.1, 0.15) is 17.1 Å². The maximum atomic E-state index is 14.7. The first-order valence-electron chi connectivity index (χ1n) is 11.1. The molecular formula is C24H23FN6O. The van der Waals surface area contributed by atoms with E-state index in [2.05, 4.69) is 23.2 Å². The van der Waals surface area contributed by atoms with E-state index < -0.39 is 5.82 Å². The second-order valence-corrected chi connectivity index (χ2v) is 8.89. The van der Waals surface area contributed by atoms with Crippen LogP contribution >= 0.6 is 0 Å². The molecule has 0 N–H and O–H groups in total. The van der Waals surface area contributed by atoms with Gasteiger partial charge in [-0.1, -0.05) is 12.1 Å². The van der Waals surface area contributed by atoms with E-state index in [0.29, 0.717) is 24.7 Å². The predicted molar refractivity (Wildman–Crippen MR) is 116 cm³/mol. The number of carbonyl (C=O) groups is 1. The summed E-state index contributed by atoms with van der Waals surface area (Å²) in [5, 5.41) is 8.15. The summed E-state index contributed by atoms with van der Waals surface area (Å²) in [7, 11) is 0. The Kier molecular flexibility index (Phi) is 4.41. The molecule has 6 rings (SSSR count). The molecule has 0 spiro atoms. The molecule has 0 radical (unpaired) electrons. The minimum Gasteiger partial charge on any atom is -0.338 e. The van der Waals surface area contributed by atoms with E-state index in [9.17, 15) is 9.18 Å². The minimum absolute atomic E-state index is 0.0189. The largest absolute Gasteiger partial charge is 0.338 e. The van der Waals surface area contributed by atoms with E-state index in [0.717, 1.165) is 37.2 Å². The van der Waals surface area contributed by atoms with E-state index in [4.69, 9.17) is 9.97 Å². The van der Waals surface area contributed by atoms with Crippen molar-refractivity contribution in [1.82, 2.24) is 29.9 Å². The predicted octanol–water partition coefficient (Wildman–Crippen LogP) is 3.17. The number of halogens is 1. The monoisotopic (exact) mass is 430 g/mol. The third kappa shape index (κ3) is 3.04. The number of carbonyl (C=O) groups excluding carboxylic acids is 1. The van der Waals surface area contributed by atoms with Crippen molar-refractivity contribution in [2.45, 2.75) is 32.6 Å². The third-order valence-corrected chi connectivity index (χ3v) is 6.94. The van der Waals surface area contributed by atoms with Gasteiger partial charge in [-0.2, -0.15) is 15.0 Å². The zero-order valence-electron chi connectivity index (χ0n) is 17.8. The molecule has 0 bridgehead atoms. The second kappa shape index (κ2) is 7.32. The van der Waals surface area contributed by atoms with Gasteiger partial charge in [-0.15, -0.1) is 0 Å². The summed E-state index contributed by atoms with van der Waals surface area (Å²) >= 11 is 0. The lowest BCUT2D eigenvalue weighted by atomic mass is 10.00. The summed E-state index contributed by atoms with van der Waals surface area (Å²) in [5.41, 5.74) is 5.16. The molecule has 2 aromatic heterocycles. The van der Waals surface area contributed by atoms with E-state index in [1.165, 1.54) is 40.1 Å². The highest BCUT2D eigenvalue weighted by molar-refractivity contribution is 5.98. The van der Waals surface area contributed by atoms with Crippen LogP contribution in [0.15, 0.2) is 36.7 Å². The molecule has 2 aliphatic carbocycles. The molecule has 0 saturated carbocycles. The van der Waals surface area contributed by atoms with Gasteiger partial charge < -0.3 is 4.90 Å². The van der Waals surface area contributed by atoms with Gasteiger partial charge in [-0.05, 0) is 67.7 Å². The van der Waals surface area contributed by atoms with Gasteiger partial charge in [-0.3, -0.25) is 4.79 Å². The lowest BCUT2D eigenvalue weighted by Gasteiger charge is -2.19. The molecule has 8 heteroatoms. The molecule has 3 aliphatic rings. The van der Waals surface area contributed by atoms with Gasteiger partial charge >= 0.3 is 0 Å². The number of aromatic nitrogens is 5. The Hall–Kier alpha value is -3.42. The molecule has 1 aromatic carbocycles. The number of amides is 1. The Labute approximate surface area is 185 Å². The van der Waals surface area contributed by atoms with Crippen molar-refractivity contribution in [2.24, 2.45) is 11.8 Å². The van der Waals surface area contributed by atoms with Gasteiger partial charge in [-0.25, -0.2) is 14.4 Å². The Bertz CT molecular complexity index is 1250. The first-order valence-corrected chi connectivity index (χ1v) is 11.1. The molecule has 3 heterocycles. The standard InChI is InChI=1S/C24H23FN6O/c1-14-18-4-2-6-20(18)29-23(28-14)15-10-16-12-30(13-17(16)11-15)24(32)22-19(25)5-3-7-21(22)31-26-8-9-27-31/h3,5,7-10,16-17H,2,4,6,11-13H2,1H3. The lowest BCUT2D eigenvalue weighted by molar-refractivity contribution is 0.0780. The van der Waals surface area contributed by atoms with Crippen LogP contribution in [0.5, 0.6) is 0 Å². The number of rotatable bonds is 3. The Balaban J connectivity index is 1.25. The number of allylic oxidation sites excluding steroid dienone is 1. The maximum Gasteiger partial charge on any atom is 0.259 e. The van der Waals surface area contributed by atoms with Crippen LogP contribution in [0, 0.1) is 24.6 Å². The van der Waals surface area contributed by atoms with Gasteiger partial charge in [0.2, 0.25) is 0 Å². The van der Waals surface area contributed by atoms with Crippen molar-refractivity contribution in [3.05, 3.63) is 70.8 Å². The van der Waals surface area contributed by atoms with Crippen molar-refractivity contribution in [1.29, 1.82) is 0 Å². The number of likely N-dealkylation sites (tertiary alicyclic amines) is 1. The highest BCUT2D eigenvalue weighted by atomic mass is 19.1. The van der Waals surface area contributed by atoms with Crippen LogP contribution in [0.25, 0.3) is 11.3 Å². The first-order chi connectivity index (χ1) is 15.6. The van der Waals surface area contributed by atoms with Gasteiger partial charge in [0, 0.05) is 24.5 Å². The SMILES string of the molecule is Cc1nc(C2=CC3CN(C(=O)c4c(F)cccc4-n4nccn4)CC3C2)nc2c1CCC2. The molecule has 1 fully saturated rings. The van der Waals surface area contributed by atoms with Crippen LogP contribution in [0.1, 0.15) is 46.0 Å². The summed E-state index contributed by atoms with van der Waals surface area (Å²) in [4.78, 5) is 26.0. The van der Waals surface area contributed by atoms with Crippen molar-refractivity contribution in [3.8, 4) is 5.69 Å². The zero-order chi connectivity index (χ0) is 21.8. The fourth-order valence-corrected chi connectivity index (χ4v) is 5.39. The second-order valence-electron chi connectivity index (χ2n) is 8.89. The topological polar surface area (TPSA) is 76.8 Å². The molecule has 32 heavy (non-hydrogen) atoms. The highest BCUT2D eigenvalue weighted by Crippen LogP contribution is 2.41. The average molecular weight is 430 g/mol. The van der Waals surface area contributed by atoms with Crippen LogP contribution in [0.2, 0.25) is 0 Å². The van der Waals surface area contributed by atoms with Crippen molar-refractivity contribution in [2.75, 3.05) is 13.1 Å². The molecule has 1 aliphatic heterocycles. The number of benzene rings is 1. The van der Waals surface area contributed by atoms with Gasteiger partial charge in [0.25, 0.3) is 5.91 Å². The van der Waals surface area contributed by atoms with E-state index in [1.54, 1.807) is 17.0 Å². The maximum absolute atomic E-state index is 14.7.